The lowest BCUT2D eigenvalue weighted by atomic mass is 9.45. The van der Waals surface area contributed by atoms with Gasteiger partial charge in [-0.2, -0.15) is 0 Å². The maximum absolute atomic E-state index is 11.7. The van der Waals surface area contributed by atoms with Crippen LogP contribution in [0, 0.1) is 40.4 Å². The molecule has 0 aromatic carbocycles. The van der Waals surface area contributed by atoms with Crippen molar-refractivity contribution in [1.82, 2.24) is 0 Å². The van der Waals surface area contributed by atoms with Crippen LogP contribution in [0.3, 0.4) is 0 Å². The van der Waals surface area contributed by atoms with Gasteiger partial charge in [0.2, 0.25) is 0 Å². The van der Waals surface area contributed by atoms with Gasteiger partial charge in [0.25, 0.3) is 0 Å². The maximum Gasteiger partial charge on any atom is 0.171 e. The zero-order valence-electron chi connectivity index (χ0n) is 22.2. The first-order valence-electron chi connectivity index (χ1n) is 13.6. The summed E-state index contributed by atoms with van der Waals surface area (Å²) in [5.74, 6) is 0.634. The molecule has 4 aliphatic carbocycles. The quantitative estimate of drug-likeness (QED) is 0.491. The Hall–Kier alpha value is -0.760. The third kappa shape index (κ3) is 3.65. The van der Waals surface area contributed by atoms with Crippen molar-refractivity contribution in [3.05, 3.63) is 23.8 Å². The predicted molar refractivity (Wildman–Crippen MR) is 133 cm³/mol. The van der Waals surface area contributed by atoms with Gasteiger partial charge in [0.15, 0.2) is 5.79 Å². The second kappa shape index (κ2) is 8.92. The van der Waals surface area contributed by atoms with Crippen molar-refractivity contribution in [3.63, 3.8) is 0 Å². The minimum absolute atomic E-state index is 0.0155. The van der Waals surface area contributed by atoms with Gasteiger partial charge in [0.05, 0.1) is 31.0 Å². The number of ether oxygens (including phenoxy) is 3. The molecule has 1 aliphatic heterocycles. The largest absolute Gasteiger partial charge is 0.393 e. The Morgan fingerprint density at radius 1 is 1.17 bits per heavy atom. The molecule has 0 aromatic heterocycles. The van der Waals surface area contributed by atoms with Crippen molar-refractivity contribution in [2.45, 2.75) is 95.9 Å². The molecule has 6 heteroatoms. The van der Waals surface area contributed by atoms with Gasteiger partial charge in [-0.25, -0.2) is 0 Å². The number of hydrogen-bond donors (Lipinski definition) is 3. The van der Waals surface area contributed by atoms with Gasteiger partial charge in [-0.15, -0.1) is 0 Å². The highest BCUT2D eigenvalue weighted by atomic mass is 16.7. The van der Waals surface area contributed by atoms with Crippen LogP contribution in [0.25, 0.3) is 0 Å². The summed E-state index contributed by atoms with van der Waals surface area (Å²) in [5.41, 5.74) is 1.68. The molecule has 198 valence electrons. The second-order valence-corrected chi connectivity index (χ2v) is 12.8. The van der Waals surface area contributed by atoms with Gasteiger partial charge < -0.3 is 29.5 Å². The van der Waals surface area contributed by atoms with Crippen LogP contribution in [-0.4, -0.2) is 66.3 Å². The topological polar surface area (TPSA) is 88.4 Å². The molecule has 4 fully saturated rings. The summed E-state index contributed by atoms with van der Waals surface area (Å²) >= 11 is 0. The normalized spacial score (nSPS) is 52.8. The number of aliphatic hydroxyl groups excluding tert-OH is 3. The van der Waals surface area contributed by atoms with Crippen molar-refractivity contribution < 1.29 is 29.5 Å². The van der Waals surface area contributed by atoms with E-state index in [1.54, 1.807) is 14.2 Å². The van der Waals surface area contributed by atoms with E-state index < -0.39 is 29.5 Å². The Labute approximate surface area is 210 Å². The maximum atomic E-state index is 11.7. The SMILES string of the molecule is C=C(CCC1(OC)OC2CC3C4CC=C5CC(O)CC(O)C5(C)C4C(O)CC3(C)C2C1C)COC. The predicted octanol–water partition coefficient (Wildman–Crippen LogP) is 3.84. The number of methoxy groups -OCH3 is 2. The summed E-state index contributed by atoms with van der Waals surface area (Å²) in [7, 11) is 3.45. The van der Waals surface area contributed by atoms with Crippen LogP contribution in [0.4, 0.5) is 0 Å². The van der Waals surface area contributed by atoms with E-state index in [0.29, 0.717) is 37.2 Å². The molecule has 5 aliphatic rings. The van der Waals surface area contributed by atoms with E-state index in [2.05, 4.69) is 33.4 Å². The first kappa shape index (κ1) is 25.9. The number of aliphatic hydroxyl groups is 3. The molecule has 0 spiro atoms. The smallest absolute Gasteiger partial charge is 0.171 e. The van der Waals surface area contributed by atoms with Crippen molar-refractivity contribution >= 4 is 0 Å². The average Bonchev–Trinajstić information content (AvgIpc) is 3.24. The molecule has 12 atom stereocenters. The fourth-order valence-corrected chi connectivity index (χ4v) is 9.75. The number of fused-ring (bicyclic) bond motifs is 7. The molecule has 6 nitrogen and oxygen atoms in total. The van der Waals surface area contributed by atoms with Crippen molar-refractivity contribution in [1.29, 1.82) is 0 Å². The number of rotatable bonds is 6. The van der Waals surface area contributed by atoms with Crippen molar-refractivity contribution in [3.8, 4) is 0 Å². The standard InChI is InChI=1S/C29H46O6/c1-16(15-33-5)9-10-29(34-6)17(2)25-23(35-29)13-21-20-8-7-18-11-19(30)12-24(32)28(18,4)26(20)22(31)14-27(21,25)3/h7,17,19-26,30-32H,1,8-15H2,2-6H3. The summed E-state index contributed by atoms with van der Waals surface area (Å²) < 4.78 is 18.2. The number of hydrogen-bond acceptors (Lipinski definition) is 6. The molecule has 0 amide bonds. The summed E-state index contributed by atoms with van der Waals surface area (Å²) in [6, 6.07) is 0. The summed E-state index contributed by atoms with van der Waals surface area (Å²) in [4.78, 5) is 0. The lowest BCUT2D eigenvalue weighted by molar-refractivity contribution is -0.238. The molecule has 12 unspecified atom stereocenters. The Morgan fingerprint density at radius 2 is 1.91 bits per heavy atom. The summed E-state index contributed by atoms with van der Waals surface area (Å²) in [6.07, 6.45) is 5.96. The highest BCUT2D eigenvalue weighted by Gasteiger charge is 2.70. The molecular formula is C29H46O6. The van der Waals surface area contributed by atoms with Crippen LogP contribution in [-0.2, 0) is 14.2 Å². The van der Waals surface area contributed by atoms with Gasteiger partial charge in [-0.05, 0) is 61.2 Å². The van der Waals surface area contributed by atoms with Crippen LogP contribution in [0.5, 0.6) is 0 Å². The van der Waals surface area contributed by atoms with Crippen LogP contribution in [0.1, 0.15) is 65.7 Å². The fraction of sp³-hybridized carbons (Fsp3) is 0.862. The average molecular weight is 491 g/mol. The summed E-state index contributed by atoms with van der Waals surface area (Å²) in [6.45, 7) is 11.5. The van der Waals surface area contributed by atoms with Gasteiger partial charge in [0.1, 0.15) is 0 Å². The van der Waals surface area contributed by atoms with Crippen LogP contribution in [0.15, 0.2) is 23.8 Å². The van der Waals surface area contributed by atoms with Gasteiger partial charge in [0, 0.05) is 38.4 Å². The van der Waals surface area contributed by atoms with E-state index in [1.807, 2.05) is 0 Å². The van der Waals surface area contributed by atoms with Gasteiger partial charge >= 0.3 is 0 Å². The van der Waals surface area contributed by atoms with Gasteiger partial charge in [-0.1, -0.05) is 44.6 Å². The zero-order chi connectivity index (χ0) is 25.3. The van der Waals surface area contributed by atoms with E-state index in [4.69, 9.17) is 14.2 Å². The van der Waals surface area contributed by atoms with Gasteiger partial charge in [-0.3, -0.25) is 0 Å². The van der Waals surface area contributed by atoms with Crippen LogP contribution < -0.4 is 0 Å². The molecule has 3 N–H and O–H groups in total. The van der Waals surface area contributed by atoms with Crippen molar-refractivity contribution in [2.24, 2.45) is 40.4 Å². The number of allylic oxidation sites excluding steroid dienone is 1. The first-order valence-corrected chi connectivity index (χ1v) is 13.6. The second-order valence-electron chi connectivity index (χ2n) is 12.8. The fourth-order valence-electron chi connectivity index (χ4n) is 9.75. The van der Waals surface area contributed by atoms with E-state index in [-0.39, 0.29) is 23.4 Å². The molecule has 3 saturated carbocycles. The molecule has 5 rings (SSSR count). The highest BCUT2D eigenvalue weighted by Crippen LogP contribution is 2.70. The Kier molecular flexibility index (Phi) is 6.59. The Bertz CT molecular complexity index is 871. The Morgan fingerprint density at radius 3 is 2.60 bits per heavy atom. The molecule has 0 radical (unpaired) electrons. The third-order valence-electron chi connectivity index (χ3n) is 11.3. The molecule has 0 bridgehead atoms. The molecular weight excluding hydrogens is 444 g/mol. The van der Waals surface area contributed by atoms with E-state index in [1.165, 1.54) is 0 Å². The molecule has 35 heavy (non-hydrogen) atoms. The molecule has 1 heterocycles. The lowest BCUT2D eigenvalue weighted by Crippen LogP contribution is -2.60. The third-order valence-corrected chi connectivity index (χ3v) is 11.3. The first-order chi connectivity index (χ1) is 16.5. The van der Waals surface area contributed by atoms with E-state index in [0.717, 1.165) is 43.3 Å². The molecule has 0 aromatic rings. The summed E-state index contributed by atoms with van der Waals surface area (Å²) in [5, 5.41) is 33.2. The lowest BCUT2D eigenvalue weighted by Gasteiger charge is -2.61. The van der Waals surface area contributed by atoms with Crippen LogP contribution in [0.2, 0.25) is 0 Å². The highest BCUT2D eigenvalue weighted by molar-refractivity contribution is 5.29. The van der Waals surface area contributed by atoms with E-state index in [9.17, 15) is 15.3 Å². The molecule has 1 saturated heterocycles. The Balaban J connectivity index is 1.42. The minimum Gasteiger partial charge on any atom is -0.393 e. The van der Waals surface area contributed by atoms with Crippen LogP contribution >= 0.6 is 0 Å². The minimum atomic E-state index is -0.636. The van der Waals surface area contributed by atoms with E-state index >= 15 is 0 Å². The zero-order valence-corrected chi connectivity index (χ0v) is 22.2. The monoisotopic (exact) mass is 490 g/mol. The van der Waals surface area contributed by atoms with Crippen molar-refractivity contribution in [2.75, 3.05) is 20.8 Å².